The molecule has 0 fully saturated rings. The Bertz CT molecular complexity index is 1010. The number of primary amides is 1. The average Bonchev–Trinajstić information content (AvgIpc) is 3.08. The second-order valence-corrected chi connectivity index (χ2v) is 6.58. The molecule has 1 aliphatic rings. The number of nitrogens with zero attached hydrogens (tertiary/aromatic N) is 2. The van der Waals surface area contributed by atoms with Crippen molar-refractivity contribution in [3.63, 3.8) is 0 Å². The Hall–Kier alpha value is -3.41. The van der Waals surface area contributed by atoms with Gasteiger partial charge >= 0.3 is 0 Å². The van der Waals surface area contributed by atoms with E-state index in [9.17, 15) is 9.59 Å². The smallest absolute Gasteiger partial charge is 0.260 e. The van der Waals surface area contributed by atoms with Gasteiger partial charge in [-0.1, -0.05) is 59.8 Å². The highest BCUT2D eigenvalue weighted by atomic mass is 16.5. The molecule has 6 nitrogen and oxygen atoms in total. The molecule has 0 aliphatic carbocycles. The Morgan fingerprint density at radius 3 is 2.56 bits per heavy atom. The second-order valence-electron chi connectivity index (χ2n) is 6.58. The van der Waals surface area contributed by atoms with Gasteiger partial charge in [0.05, 0.1) is 0 Å². The number of aryl methyl sites for hydroxylation is 1. The normalized spacial score (nSPS) is 16.0. The van der Waals surface area contributed by atoms with Crippen molar-refractivity contribution < 1.29 is 14.1 Å². The fraction of sp³-hybridized carbons (Fsp3) is 0.190. The zero-order valence-electron chi connectivity index (χ0n) is 14.9. The molecule has 2 N–H and O–H groups in total. The fourth-order valence-electron chi connectivity index (χ4n) is 3.65. The van der Waals surface area contributed by atoms with Gasteiger partial charge in [-0.15, -0.1) is 0 Å². The number of fused-ring (bicyclic) bond motifs is 1. The van der Waals surface area contributed by atoms with E-state index in [2.05, 4.69) is 5.16 Å². The van der Waals surface area contributed by atoms with E-state index in [-0.39, 0.29) is 5.91 Å². The van der Waals surface area contributed by atoms with Crippen LogP contribution >= 0.6 is 0 Å². The van der Waals surface area contributed by atoms with Crippen LogP contribution in [0.1, 0.15) is 33.3 Å². The van der Waals surface area contributed by atoms with Crippen molar-refractivity contribution in [2.75, 3.05) is 6.54 Å². The predicted molar refractivity (Wildman–Crippen MR) is 99.8 cm³/mol. The predicted octanol–water partition coefficient (Wildman–Crippen LogP) is 2.87. The molecular formula is C21H19N3O3. The van der Waals surface area contributed by atoms with Crippen molar-refractivity contribution in [1.29, 1.82) is 0 Å². The van der Waals surface area contributed by atoms with E-state index in [0.717, 1.165) is 16.7 Å². The highest BCUT2D eigenvalue weighted by Gasteiger charge is 2.37. The van der Waals surface area contributed by atoms with Crippen LogP contribution in [-0.2, 0) is 11.2 Å². The molecule has 0 saturated heterocycles. The first kappa shape index (κ1) is 17.0. The van der Waals surface area contributed by atoms with Crippen LogP contribution in [0.4, 0.5) is 0 Å². The van der Waals surface area contributed by atoms with Crippen molar-refractivity contribution in [2.24, 2.45) is 5.73 Å². The van der Waals surface area contributed by atoms with Crippen molar-refractivity contribution in [3.8, 4) is 11.3 Å². The number of hydrogen-bond donors (Lipinski definition) is 1. The van der Waals surface area contributed by atoms with Crippen LogP contribution in [0.3, 0.4) is 0 Å². The molecule has 0 radical (unpaired) electrons. The first-order valence-corrected chi connectivity index (χ1v) is 8.77. The third-order valence-electron chi connectivity index (χ3n) is 4.94. The largest absolute Gasteiger partial charge is 0.368 e. The lowest BCUT2D eigenvalue weighted by Gasteiger charge is -2.35. The minimum atomic E-state index is -0.805. The summed E-state index contributed by atoms with van der Waals surface area (Å²) in [6.07, 6.45) is 0.663. The van der Waals surface area contributed by atoms with Crippen molar-refractivity contribution in [1.82, 2.24) is 10.1 Å². The van der Waals surface area contributed by atoms with Gasteiger partial charge < -0.3 is 15.2 Å². The first-order valence-electron chi connectivity index (χ1n) is 8.77. The SMILES string of the molecule is Cc1onc(-c2ccccc2)c1C(=O)N1CCc2ccccc2C1C(N)=O. The van der Waals surface area contributed by atoms with Gasteiger partial charge in [0, 0.05) is 12.1 Å². The topological polar surface area (TPSA) is 89.4 Å². The van der Waals surface area contributed by atoms with Crippen LogP contribution in [0.2, 0.25) is 0 Å². The monoisotopic (exact) mass is 361 g/mol. The highest BCUT2D eigenvalue weighted by molar-refractivity contribution is 6.03. The summed E-state index contributed by atoms with van der Waals surface area (Å²) in [6, 6.07) is 16.2. The van der Waals surface area contributed by atoms with Gasteiger partial charge in [0.25, 0.3) is 5.91 Å². The van der Waals surface area contributed by atoms with Crippen LogP contribution < -0.4 is 5.73 Å². The molecule has 0 bridgehead atoms. The molecule has 136 valence electrons. The average molecular weight is 361 g/mol. The van der Waals surface area contributed by atoms with Crippen LogP contribution in [0.15, 0.2) is 59.1 Å². The van der Waals surface area contributed by atoms with Crippen LogP contribution in [-0.4, -0.2) is 28.4 Å². The summed E-state index contributed by atoms with van der Waals surface area (Å²) in [5.41, 5.74) is 9.12. The minimum Gasteiger partial charge on any atom is -0.368 e. The lowest BCUT2D eigenvalue weighted by atomic mass is 9.91. The summed E-state index contributed by atoms with van der Waals surface area (Å²) in [4.78, 5) is 27.2. The second kappa shape index (κ2) is 6.72. The Labute approximate surface area is 156 Å². The van der Waals surface area contributed by atoms with Crippen LogP contribution in [0.25, 0.3) is 11.3 Å². The Morgan fingerprint density at radius 2 is 1.81 bits per heavy atom. The third kappa shape index (κ3) is 2.89. The summed E-state index contributed by atoms with van der Waals surface area (Å²) >= 11 is 0. The van der Waals surface area contributed by atoms with Gasteiger partial charge in [-0.2, -0.15) is 0 Å². The van der Waals surface area contributed by atoms with Crippen molar-refractivity contribution in [2.45, 2.75) is 19.4 Å². The number of hydrogen-bond acceptors (Lipinski definition) is 4. The molecule has 1 unspecified atom stereocenters. The quantitative estimate of drug-likeness (QED) is 0.777. The number of aromatic nitrogens is 1. The number of carbonyl (C=O) groups excluding carboxylic acids is 2. The molecule has 1 aromatic heterocycles. The van der Waals surface area contributed by atoms with E-state index in [4.69, 9.17) is 10.3 Å². The van der Waals surface area contributed by atoms with E-state index in [1.807, 2.05) is 54.6 Å². The molecule has 6 heteroatoms. The number of carbonyl (C=O) groups is 2. The van der Waals surface area contributed by atoms with E-state index < -0.39 is 11.9 Å². The maximum atomic E-state index is 13.4. The number of rotatable bonds is 3. The molecule has 27 heavy (non-hydrogen) atoms. The molecule has 2 amide bonds. The summed E-state index contributed by atoms with van der Waals surface area (Å²) < 4.78 is 5.31. The van der Waals surface area contributed by atoms with Gasteiger partial charge in [0.1, 0.15) is 23.1 Å². The Morgan fingerprint density at radius 1 is 1.11 bits per heavy atom. The Kier molecular flexibility index (Phi) is 4.24. The molecule has 1 atom stereocenters. The zero-order valence-corrected chi connectivity index (χ0v) is 14.9. The summed E-state index contributed by atoms with van der Waals surface area (Å²) in [7, 11) is 0. The molecule has 0 spiro atoms. The Balaban J connectivity index is 1.78. The maximum absolute atomic E-state index is 13.4. The number of amides is 2. The third-order valence-corrected chi connectivity index (χ3v) is 4.94. The van der Waals surface area contributed by atoms with Crippen molar-refractivity contribution >= 4 is 11.8 Å². The van der Waals surface area contributed by atoms with Gasteiger partial charge in [-0.05, 0) is 24.5 Å². The van der Waals surface area contributed by atoms with Gasteiger partial charge in [-0.3, -0.25) is 9.59 Å². The summed E-state index contributed by atoms with van der Waals surface area (Å²) in [6.45, 7) is 2.10. The number of benzene rings is 2. The minimum absolute atomic E-state index is 0.300. The lowest BCUT2D eigenvalue weighted by molar-refractivity contribution is -0.123. The molecule has 0 saturated carbocycles. The van der Waals surface area contributed by atoms with Crippen molar-refractivity contribution in [3.05, 3.63) is 77.0 Å². The molecular weight excluding hydrogens is 342 g/mol. The first-order chi connectivity index (χ1) is 13.1. The van der Waals surface area contributed by atoms with Gasteiger partial charge in [-0.25, -0.2) is 0 Å². The maximum Gasteiger partial charge on any atom is 0.260 e. The van der Waals surface area contributed by atoms with E-state index in [0.29, 0.717) is 30.0 Å². The fourth-order valence-corrected chi connectivity index (χ4v) is 3.65. The standard InChI is InChI=1S/C21H19N3O3/c1-13-17(18(23-27-13)15-8-3-2-4-9-15)21(26)24-12-11-14-7-5-6-10-16(14)19(24)20(22)25/h2-10,19H,11-12H2,1H3,(H2,22,25). The van der Waals surface area contributed by atoms with E-state index >= 15 is 0 Å². The lowest BCUT2D eigenvalue weighted by Crippen LogP contribution is -2.46. The van der Waals surface area contributed by atoms with Crippen LogP contribution in [0, 0.1) is 6.92 Å². The molecule has 1 aliphatic heterocycles. The zero-order chi connectivity index (χ0) is 19.0. The van der Waals surface area contributed by atoms with Gasteiger partial charge in [0.2, 0.25) is 5.91 Å². The number of nitrogens with two attached hydrogens (primary N) is 1. The molecule has 3 aromatic rings. The molecule has 2 heterocycles. The molecule has 2 aromatic carbocycles. The summed E-state index contributed by atoms with van der Waals surface area (Å²) in [5.74, 6) is -0.433. The van der Waals surface area contributed by atoms with E-state index in [1.54, 1.807) is 6.92 Å². The van der Waals surface area contributed by atoms with E-state index in [1.165, 1.54) is 4.90 Å². The van der Waals surface area contributed by atoms with Crippen LogP contribution in [0.5, 0.6) is 0 Å². The molecule has 4 rings (SSSR count). The summed E-state index contributed by atoms with van der Waals surface area (Å²) in [5, 5.41) is 4.08. The van der Waals surface area contributed by atoms with Gasteiger partial charge in [0.15, 0.2) is 0 Å². The highest BCUT2D eigenvalue weighted by Crippen LogP contribution is 2.33.